The fourth-order valence-corrected chi connectivity index (χ4v) is 3.12. The van der Waals surface area contributed by atoms with Crippen LogP contribution in [0.3, 0.4) is 0 Å². The van der Waals surface area contributed by atoms with Crippen molar-refractivity contribution >= 4 is 39.3 Å². The van der Waals surface area contributed by atoms with Gasteiger partial charge in [0.15, 0.2) is 5.82 Å². The molecule has 4 N–H and O–H groups in total. The minimum absolute atomic E-state index is 0.0770. The molecule has 0 saturated heterocycles. The number of hydrogen-bond donors (Lipinski definition) is 4. The van der Waals surface area contributed by atoms with E-state index in [2.05, 4.69) is 15.3 Å². The van der Waals surface area contributed by atoms with Crippen LogP contribution in [0.1, 0.15) is 5.56 Å². The first kappa shape index (κ1) is 20.4. The second-order valence-electron chi connectivity index (χ2n) is 5.99. The van der Waals surface area contributed by atoms with Crippen molar-refractivity contribution in [2.75, 3.05) is 11.9 Å². The summed E-state index contributed by atoms with van der Waals surface area (Å²) in [6.07, 6.45) is -0.139. The first-order chi connectivity index (χ1) is 13.3. The van der Waals surface area contributed by atoms with Crippen LogP contribution in [-0.4, -0.2) is 37.5 Å². The molecule has 0 bridgehead atoms. The predicted octanol–water partition coefficient (Wildman–Crippen LogP) is 0.933. The van der Waals surface area contributed by atoms with Crippen molar-refractivity contribution in [2.24, 2.45) is 0 Å². The molecule has 0 aliphatic carbocycles. The Morgan fingerprint density at radius 1 is 1.32 bits per heavy atom. The van der Waals surface area contributed by atoms with Crippen LogP contribution < -0.4 is 16.4 Å². The molecule has 2 heterocycles. The van der Waals surface area contributed by atoms with Gasteiger partial charge in [-0.1, -0.05) is 0 Å². The van der Waals surface area contributed by atoms with Crippen molar-refractivity contribution in [2.45, 2.75) is 19.2 Å². The Morgan fingerprint density at radius 3 is 2.75 bits per heavy atom. The van der Waals surface area contributed by atoms with Gasteiger partial charge in [0, 0.05) is 15.7 Å². The number of aliphatic hydroxyl groups excluding tert-OH is 2. The van der Waals surface area contributed by atoms with E-state index >= 15 is 0 Å². The smallest absolute Gasteiger partial charge is 0.285 e. The van der Waals surface area contributed by atoms with Gasteiger partial charge in [0.1, 0.15) is 11.5 Å². The molecule has 148 valence electrons. The number of fused-ring (bicyclic) bond motifs is 1. The van der Waals surface area contributed by atoms with Crippen molar-refractivity contribution in [1.82, 2.24) is 14.5 Å². The molecule has 0 saturated carbocycles. The van der Waals surface area contributed by atoms with Crippen LogP contribution >= 0.6 is 22.6 Å². The molecule has 2 aromatic heterocycles. The number of aromatic amines is 1. The van der Waals surface area contributed by atoms with Gasteiger partial charge in [0.25, 0.3) is 11.1 Å². The zero-order chi connectivity index (χ0) is 20.4. The molecule has 0 aliphatic rings. The van der Waals surface area contributed by atoms with E-state index in [1.807, 2.05) is 22.6 Å². The molecule has 11 heteroatoms. The molecule has 28 heavy (non-hydrogen) atoms. The number of benzene rings is 1. The van der Waals surface area contributed by atoms with Crippen molar-refractivity contribution in [3.63, 3.8) is 0 Å². The summed E-state index contributed by atoms with van der Waals surface area (Å²) in [5.41, 5.74) is -2.11. The highest BCUT2D eigenvalue weighted by Crippen LogP contribution is 2.19. The summed E-state index contributed by atoms with van der Waals surface area (Å²) >= 11 is 1.94. The van der Waals surface area contributed by atoms with E-state index < -0.39 is 35.5 Å². The summed E-state index contributed by atoms with van der Waals surface area (Å²) in [6.45, 7) is -1.18. The molecule has 0 amide bonds. The highest BCUT2D eigenvalue weighted by atomic mass is 127. The summed E-state index contributed by atoms with van der Waals surface area (Å²) in [6, 6.07) is 4.38. The molecule has 0 unspecified atom stereocenters. The van der Waals surface area contributed by atoms with Crippen molar-refractivity contribution < 1.29 is 19.0 Å². The zero-order valence-electron chi connectivity index (χ0n) is 14.2. The number of hydrogen-bond acceptors (Lipinski definition) is 6. The third-order valence-corrected chi connectivity index (χ3v) is 4.71. The largest absolute Gasteiger partial charge is 0.394 e. The van der Waals surface area contributed by atoms with Gasteiger partial charge in [0.2, 0.25) is 0 Å². The monoisotopic (exact) mass is 504 g/mol. The van der Waals surface area contributed by atoms with E-state index in [4.69, 9.17) is 5.11 Å². The van der Waals surface area contributed by atoms with E-state index in [9.17, 15) is 23.5 Å². The van der Waals surface area contributed by atoms with Crippen LogP contribution in [0.4, 0.5) is 14.5 Å². The summed E-state index contributed by atoms with van der Waals surface area (Å²) in [4.78, 5) is 30.7. The lowest BCUT2D eigenvalue weighted by molar-refractivity contribution is 0.0802. The minimum atomic E-state index is -1.22. The number of rotatable bonds is 6. The van der Waals surface area contributed by atoms with Crippen LogP contribution in [0.15, 0.2) is 34.1 Å². The second-order valence-corrected chi connectivity index (χ2v) is 7.23. The quantitative estimate of drug-likeness (QED) is 0.371. The summed E-state index contributed by atoms with van der Waals surface area (Å²) in [5, 5.41) is 21.0. The first-order valence-corrected chi connectivity index (χ1v) is 9.17. The van der Waals surface area contributed by atoms with Crippen LogP contribution in [0.2, 0.25) is 0 Å². The average Bonchev–Trinajstić information content (AvgIpc) is 2.66. The van der Waals surface area contributed by atoms with E-state index in [-0.39, 0.29) is 35.4 Å². The maximum Gasteiger partial charge on any atom is 0.285 e. The molecule has 0 radical (unpaired) electrons. The highest BCUT2D eigenvalue weighted by molar-refractivity contribution is 14.1. The number of H-pyrrole nitrogens is 1. The molecule has 0 fully saturated rings. The third kappa shape index (κ3) is 4.05. The van der Waals surface area contributed by atoms with Crippen molar-refractivity contribution in [3.8, 4) is 0 Å². The number of nitrogens with zero attached hydrogens (tertiary/aromatic N) is 2. The maximum atomic E-state index is 14.5. The highest BCUT2D eigenvalue weighted by Gasteiger charge is 2.18. The lowest BCUT2D eigenvalue weighted by atomic mass is 10.1. The molecule has 1 atom stereocenters. The molecule has 3 aromatic rings. The summed E-state index contributed by atoms with van der Waals surface area (Å²) < 4.78 is 30.2. The lowest BCUT2D eigenvalue weighted by Crippen LogP contribution is -2.31. The van der Waals surface area contributed by atoms with Crippen molar-refractivity contribution in [3.05, 3.63) is 66.0 Å². The average molecular weight is 504 g/mol. The molecule has 0 aliphatic heterocycles. The van der Waals surface area contributed by atoms with Gasteiger partial charge in [-0.25, -0.2) is 13.8 Å². The van der Waals surface area contributed by atoms with Gasteiger partial charge >= 0.3 is 0 Å². The van der Waals surface area contributed by atoms with Gasteiger partial charge < -0.3 is 20.5 Å². The molecular weight excluding hydrogens is 489 g/mol. The second kappa shape index (κ2) is 8.32. The standard InChI is InChI=1S/C17H15F2IN4O4/c18-11-3-8(20)1-2-12(11)21-4-10-13-15(23-16(27)14(10)19)22-7-24(17(13)28)5-9(26)6-25/h1-3,7,9,21,25-26H,4-6H2,(H,23,27)/t9-/m1/s1. The van der Waals surface area contributed by atoms with Gasteiger partial charge in [-0.05, 0) is 40.8 Å². The van der Waals surface area contributed by atoms with Crippen LogP contribution in [0, 0.1) is 15.2 Å². The summed E-state index contributed by atoms with van der Waals surface area (Å²) in [7, 11) is 0. The molecular formula is C17H15F2IN4O4. The number of aliphatic hydroxyl groups is 2. The Bertz CT molecular complexity index is 1150. The van der Waals surface area contributed by atoms with Crippen LogP contribution in [-0.2, 0) is 13.1 Å². The first-order valence-electron chi connectivity index (χ1n) is 8.09. The number of nitrogens with one attached hydrogen (secondary N) is 2. The van der Waals surface area contributed by atoms with Crippen LogP contribution in [0.25, 0.3) is 11.0 Å². The third-order valence-electron chi connectivity index (χ3n) is 4.04. The number of aromatic nitrogens is 3. The van der Waals surface area contributed by atoms with Gasteiger partial charge in [-0.2, -0.15) is 0 Å². The number of pyridine rings is 1. The van der Waals surface area contributed by atoms with E-state index in [1.165, 1.54) is 12.1 Å². The Hall–Kier alpha value is -2.38. The Labute approximate surface area is 170 Å². The summed E-state index contributed by atoms with van der Waals surface area (Å²) in [5.74, 6) is -1.76. The fraction of sp³-hybridized carbons (Fsp3) is 0.235. The fourth-order valence-electron chi connectivity index (χ4n) is 2.66. The maximum absolute atomic E-state index is 14.5. The molecule has 0 spiro atoms. The normalized spacial score (nSPS) is 12.3. The molecule has 8 nitrogen and oxygen atoms in total. The molecule has 1 aromatic carbocycles. The Balaban J connectivity index is 2.08. The topological polar surface area (TPSA) is 120 Å². The lowest BCUT2D eigenvalue weighted by Gasteiger charge is -2.13. The predicted molar refractivity (Wildman–Crippen MR) is 106 cm³/mol. The Kier molecular flexibility index (Phi) is 6.05. The van der Waals surface area contributed by atoms with Gasteiger partial charge in [-0.15, -0.1) is 0 Å². The SMILES string of the molecule is O=c1[nH]c2ncn(C[C@@H](O)CO)c(=O)c2c(CNc2ccc(I)cc2F)c1F. The zero-order valence-corrected chi connectivity index (χ0v) is 16.4. The van der Waals surface area contributed by atoms with Gasteiger partial charge in [0.05, 0.1) is 36.7 Å². The number of anilines is 1. The van der Waals surface area contributed by atoms with E-state index in [1.54, 1.807) is 6.07 Å². The van der Waals surface area contributed by atoms with E-state index in [0.717, 1.165) is 10.9 Å². The molecule has 3 rings (SSSR count). The Morgan fingerprint density at radius 2 is 2.07 bits per heavy atom. The van der Waals surface area contributed by atoms with Crippen molar-refractivity contribution in [1.29, 1.82) is 0 Å². The van der Waals surface area contributed by atoms with Crippen LogP contribution in [0.5, 0.6) is 0 Å². The number of halogens is 3. The van der Waals surface area contributed by atoms with E-state index in [0.29, 0.717) is 3.57 Å². The minimum Gasteiger partial charge on any atom is -0.394 e. The van der Waals surface area contributed by atoms with Gasteiger partial charge in [-0.3, -0.25) is 14.2 Å².